The van der Waals surface area contributed by atoms with Crippen LogP contribution in [0.4, 0.5) is 0 Å². The molecule has 0 aliphatic rings. The fourth-order valence-electron chi connectivity index (χ4n) is 0.901. The van der Waals surface area contributed by atoms with E-state index in [-0.39, 0.29) is 11.3 Å². The van der Waals surface area contributed by atoms with E-state index in [1.54, 1.807) is 10.9 Å². The summed E-state index contributed by atoms with van der Waals surface area (Å²) in [5, 5.41) is 7.72. The lowest BCUT2D eigenvalue weighted by Crippen LogP contribution is -2.22. The summed E-state index contributed by atoms with van der Waals surface area (Å²) < 4.78 is 1.70. The molecule has 0 radical (unpaired) electrons. The van der Waals surface area contributed by atoms with Crippen molar-refractivity contribution in [2.45, 2.75) is 39.7 Å². The molecule has 1 aromatic rings. The molecule has 0 aliphatic carbocycles. The summed E-state index contributed by atoms with van der Waals surface area (Å²) in [6, 6.07) is 0. The highest BCUT2D eigenvalue weighted by Crippen LogP contribution is 2.12. The van der Waals surface area contributed by atoms with Crippen molar-refractivity contribution in [1.82, 2.24) is 15.0 Å². The van der Waals surface area contributed by atoms with Crippen LogP contribution in [-0.2, 0) is 5.54 Å². The second kappa shape index (κ2) is 3.28. The van der Waals surface area contributed by atoms with E-state index in [2.05, 4.69) is 10.3 Å². The van der Waals surface area contributed by atoms with Crippen molar-refractivity contribution in [3.05, 3.63) is 11.9 Å². The number of ketones is 1. The van der Waals surface area contributed by atoms with Gasteiger partial charge in [-0.2, -0.15) is 0 Å². The molecule has 13 heavy (non-hydrogen) atoms. The number of carbonyl (C=O) groups excluding carboxylic acids is 1. The first-order chi connectivity index (χ1) is 5.95. The van der Waals surface area contributed by atoms with E-state index in [1.165, 1.54) is 0 Å². The minimum atomic E-state index is -0.112. The average Bonchev–Trinajstić information content (AvgIpc) is 2.50. The summed E-state index contributed by atoms with van der Waals surface area (Å²) in [6.07, 6.45) is 2.18. The standard InChI is InChI=1S/C9H15N3O/c1-5-8(13)7-6-12(11-10-7)9(2,3)4/h6H,5H2,1-4H3. The van der Waals surface area contributed by atoms with Crippen molar-refractivity contribution in [2.24, 2.45) is 0 Å². The van der Waals surface area contributed by atoms with Crippen LogP contribution in [0, 0.1) is 0 Å². The molecule has 4 heteroatoms. The van der Waals surface area contributed by atoms with Crippen LogP contribution >= 0.6 is 0 Å². The van der Waals surface area contributed by atoms with Crippen LogP contribution in [0.1, 0.15) is 44.6 Å². The van der Waals surface area contributed by atoms with Gasteiger partial charge in [-0.05, 0) is 20.8 Å². The Kier molecular flexibility index (Phi) is 2.50. The number of hydrogen-bond donors (Lipinski definition) is 0. The van der Waals surface area contributed by atoms with E-state index < -0.39 is 0 Å². The van der Waals surface area contributed by atoms with E-state index >= 15 is 0 Å². The fraction of sp³-hybridized carbons (Fsp3) is 0.667. The number of Topliss-reactive ketones (excluding diaryl/α,β-unsaturated/α-hetero) is 1. The van der Waals surface area contributed by atoms with Gasteiger partial charge in [0.05, 0.1) is 11.7 Å². The van der Waals surface area contributed by atoms with E-state index in [0.717, 1.165) is 0 Å². The van der Waals surface area contributed by atoms with Crippen molar-refractivity contribution < 1.29 is 4.79 Å². The van der Waals surface area contributed by atoms with Gasteiger partial charge in [0.15, 0.2) is 5.78 Å². The predicted molar refractivity (Wildman–Crippen MR) is 49.6 cm³/mol. The summed E-state index contributed by atoms with van der Waals surface area (Å²) in [7, 11) is 0. The molecule has 0 aromatic carbocycles. The highest BCUT2D eigenvalue weighted by Gasteiger charge is 2.16. The highest BCUT2D eigenvalue weighted by molar-refractivity contribution is 5.93. The molecule has 1 rings (SSSR count). The van der Waals surface area contributed by atoms with E-state index in [1.807, 2.05) is 27.7 Å². The minimum absolute atomic E-state index is 0.0375. The van der Waals surface area contributed by atoms with Crippen LogP contribution in [-0.4, -0.2) is 20.8 Å². The van der Waals surface area contributed by atoms with Crippen molar-refractivity contribution in [2.75, 3.05) is 0 Å². The molecule has 0 spiro atoms. The third-order valence-corrected chi connectivity index (χ3v) is 1.79. The van der Waals surface area contributed by atoms with Gasteiger partial charge in [-0.15, -0.1) is 5.10 Å². The Balaban J connectivity index is 2.93. The molecule has 0 unspecified atom stereocenters. The lowest BCUT2D eigenvalue weighted by Gasteiger charge is -2.17. The number of rotatable bonds is 2. The van der Waals surface area contributed by atoms with Gasteiger partial charge in [0.2, 0.25) is 0 Å². The molecule has 1 heterocycles. The smallest absolute Gasteiger partial charge is 0.184 e. The van der Waals surface area contributed by atoms with Crippen LogP contribution in [0.5, 0.6) is 0 Å². The van der Waals surface area contributed by atoms with Crippen molar-refractivity contribution in [3.63, 3.8) is 0 Å². The molecule has 0 bridgehead atoms. The highest BCUT2D eigenvalue weighted by atomic mass is 16.1. The monoisotopic (exact) mass is 181 g/mol. The molecule has 4 nitrogen and oxygen atoms in total. The summed E-state index contributed by atoms with van der Waals surface area (Å²) in [5.41, 5.74) is 0.344. The van der Waals surface area contributed by atoms with Gasteiger partial charge < -0.3 is 0 Å². The molecule has 0 N–H and O–H groups in total. The van der Waals surface area contributed by atoms with Crippen molar-refractivity contribution >= 4 is 5.78 Å². The topological polar surface area (TPSA) is 47.8 Å². The zero-order valence-corrected chi connectivity index (χ0v) is 8.53. The predicted octanol–water partition coefficient (Wildman–Crippen LogP) is 1.63. The minimum Gasteiger partial charge on any atom is -0.292 e. The van der Waals surface area contributed by atoms with Gasteiger partial charge in [0.1, 0.15) is 5.69 Å². The second-order valence-corrected chi connectivity index (χ2v) is 4.00. The first-order valence-electron chi connectivity index (χ1n) is 4.41. The summed E-state index contributed by atoms with van der Waals surface area (Å²) in [5.74, 6) is 0.0375. The summed E-state index contributed by atoms with van der Waals surface area (Å²) in [6.45, 7) is 7.87. The second-order valence-electron chi connectivity index (χ2n) is 4.00. The van der Waals surface area contributed by atoms with E-state index in [9.17, 15) is 4.79 Å². The van der Waals surface area contributed by atoms with Crippen LogP contribution in [0.3, 0.4) is 0 Å². The van der Waals surface area contributed by atoms with E-state index in [4.69, 9.17) is 0 Å². The SMILES string of the molecule is CCC(=O)c1cn(C(C)(C)C)nn1. The van der Waals surface area contributed by atoms with Gasteiger partial charge >= 0.3 is 0 Å². The first-order valence-corrected chi connectivity index (χ1v) is 4.41. The molecule has 0 fully saturated rings. The molecular weight excluding hydrogens is 166 g/mol. The van der Waals surface area contributed by atoms with Crippen LogP contribution < -0.4 is 0 Å². The zero-order chi connectivity index (χ0) is 10.1. The maximum atomic E-state index is 11.2. The van der Waals surface area contributed by atoms with Gasteiger partial charge in [-0.3, -0.25) is 4.79 Å². The number of aromatic nitrogens is 3. The Bertz CT molecular complexity index is 309. The summed E-state index contributed by atoms with van der Waals surface area (Å²) >= 11 is 0. The third-order valence-electron chi connectivity index (χ3n) is 1.79. The Labute approximate surface area is 77.9 Å². The molecular formula is C9H15N3O. The Hall–Kier alpha value is -1.19. The van der Waals surface area contributed by atoms with Gasteiger partial charge in [-0.25, -0.2) is 4.68 Å². The lowest BCUT2D eigenvalue weighted by molar-refractivity contribution is 0.0983. The number of carbonyl (C=O) groups is 1. The first kappa shape index (κ1) is 9.89. The Morgan fingerprint density at radius 3 is 2.54 bits per heavy atom. The largest absolute Gasteiger partial charge is 0.292 e. The quantitative estimate of drug-likeness (QED) is 0.651. The molecule has 1 aromatic heterocycles. The maximum absolute atomic E-state index is 11.2. The normalized spacial score (nSPS) is 11.7. The van der Waals surface area contributed by atoms with Gasteiger partial charge in [0.25, 0.3) is 0 Å². The van der Waals surface area contributed by atoms with Crippen molar-refractivity contribution in [1.29, 1.82) is 0 Å². The zero-order valence-electron chi connectivity index (χ0n) is 8.53. The van der Waals surface area contributed by atoms with Crippen LogP contribution in [0.2, 0.25) is 0 Å². The molecule has 0 saturated carbocycles. The summed E-state index contributed by atoms with van der Waals surface area (Å²) in [4.78, 5) is 11.2. The number of hydrogen-bond acceptors (Lipinski definition) is 3. The fourth-order valence-corrected chi connectivity index (χ4v) is 0.901. The molecule has 72 valence electrons. The molecule has 0 atom stereocenters. The van der Waals surface area contributed by atoms with Gasteiger partial charge in [-0.1, -0.05) is 12.1 Å². The number of nitrogens with zero attached hydrogens (tertiary/aromatic N) is 3. The third kappa shape index (κ3) is 2.14. The maximum Gasteiger partial charge on any atom is 0.184 e. The van der Waals surface area contributed by atoms with Crippen LogP contribution in [0.25, 0.3) is 0 Å². The molecule has 0 amide bonds. The molecule has 0 saturated heterocycles. The van der Waals surface area contributed by atoms with Crippen molar-refractivity contribution in [3.8, 4) is 0 Å². The molecule has 0 aliphatic heterocycles. The van der Waals surface area contributed by atoms with Crippen LogP contribution in [0.15, 0.2) is 6.20 Å². The Morgan fingerprint density at radius 1 is 1.54 bits per heavy atom. The lowest BCUT2D eigenvalue weighted by atomic mass is 10.1. The van der Waals surface area contributed by atoms with E-state index in [0.29, 0.717) is 12.1 Å². The Morgan fingerprint density at radius 2 is 2.15 bits per heavy atom. The van der Waals surface area contributed by atoms with Gasteiger partial charge in [0, 0.05) is 6.42 Å². The average molecular weight is 181 g/mol.